The van der Waals surface area contributed by atoms with Crippen molar-refractivity contribution in [3.05, 3.63) is 35.5 Å². The Labute approximate surface area is 161 Å². The Bertz CT molecular complexity index is 940. The lowest BCUT2D eigenvalue weighted by Crippen LogP contribution is -2.17. The largest absolute Gasteiger partial charge is 0.497 e. The Morgan fingerprint density at radius 1 is 1.11 bits per heavy atom. The molecule has 8 heteroatoms. The Morgan fingerprint density at radius 2 is 1.85 bits per heavy atom. The molecule has 0 bridgehead atoms. The third-order valence-electron chi connectivity index (χ3n) is 4.05. The number of hydrogen-bond donors (Lipinski definition) is 0. The van der Waals surface area contributed by atoms with Gasteiger partial charge in [-0.25, -0.2) is 14.8 Å². The lowest BCUT2D eigenvalue weighted by Gasteiger charge is -2.23. The monoisotopic (exact) mass is 387 g/mol. The molecule has 0 saturated carbocycles. The van der Waals surface area contributed by atoms with Gasteiger partial charge in [-0.15, -0.1) is 11.3 Å². The SMILES string of the molecule is CCOC(=O)c1sc2ncnc(N(CC)c3ccc(OC)cc3)c2c1OC. The van der Waals surface area contributed by atoms with Crippen LogP contribution in [0.4, 0.5) is 11.5 Å². The summed E-state index contributed by atoms with van der Waals surface area (Å²) >= 11 is 1.24. The Hall–Kier alpha value is -2.87. The molecule has 1 aromatic carbocycles. The van der Waals surface area contributed by atoms with Crippen LogP contribution >= 0.6 is 11.3 Å². The molecule has 2 heterocycles. The molecule has 0 aliphatic carbocycles. The number of esters is 1. The zero-order chi connectivity index (χ0) is 19.4. The molecule has 0 aliphatic heterocycles. The van der Waals surface area contributed by atoms with Crippen LogP contribution < -0.4 is 14.4 Å². The van der Waals surface area contributed by atoms with E-state index in [0.717, 1.165) is 11.4 Å². The van der Waals surface area contributed by atoms with Crippen LogP contribution in [0.2, 0.25) is 0 Å². The van der Waals surface area contributed by atoms with Crippen molar-refractivity contribution in [2.24, 2.45) is 0 Å². The van der Waals surface area contributed by atoms with Crippen molar-refractivity contribution in [2.45, 2.75) is 13.8 Å². The van der Waals surface area contributed by atoms with Crippen LogP contribution in [0.5, 0.6) is 11.5 Å². The molecule has 3 rings (SSSR count). The lowest BCUT2D eigenvalue weighted by atomic mass is 10.2. The first-order valence-electron chi connectivity index (χ1n) is 8.54. The normalized spacial score (nSPS) is 10.7. The summed E-state index contributed by atoms with van der Waals surface area (Å²) in [5, 5.41) is 0.700. The highest BCUT2D eigenvalue weighted by molar-refractivity contribution is 7.21. The fourth-order valence-corrected chi connectivity index (χ4v) is 3.84. The van der Waals surface area contributed by atoms with Crippen molar-refractivity contribution in [2.75, 3.05) is 32.3 Å². The summed E-state index contributed by atoms with van der Waals surface area (Å²) in [6.07, 6.45) is 1.49. The summed E-state index contributed by atoms with van der Waals surface area (Å²) in [7, 11) is 3.17. The molecule has 27 heavy (non-hydrogen) atoms. The molecule has 0 fully saturated rings. The fraction of sp³-hybridized carbons (Fsp3) is 0.316. The summed E-state index contributed by atoms with van der Waals surface area (Å²) in [5.74, 6) is 1.48. The van der Waals surface area contributed by atoms with Crippen LogP contribution in [0.3, 0.4) is 0 Å². The van der Waals surface area contributed by atoms with E-state index in [-0.39, 0.29) is 0 Å². The zero-order valence-electron chi connectivity index (χ0n) is 15.7. The van der Waals surface area contributed by atoms with Crippen LogP contribution in [0, 0.1) is 0 Å². The predicted molar refractivity (Wildman–Crippen MR) is 106 cm³/mol. The highest BCUT2D eigenvalue weighted by Gasteiger charge is 2.26. The first-order valence-corrected chi connectivity index (χ1v) is 9.36. The second-order valence-electron chi connectivity index (χ2n) is 5.50. The van der Waals surface area contributed by atoms with E-state index >= 15 is 0 Å². The Kier molecular flexibility index (Phi) is 5.75. The fourth-order valence-electron chi connectivity index (χ4n) is 2.84. The van der Waals surface area contributed by atoms with Crippen molar-refractivity contribution in [3.63, 3.8) is 0 Å². The van der Waals surface area contributed by atoms with E-state index < -0.39 is 5.97 Å². The molecule has 3 aromatic rings. The molecule has 0 N–H and O–H groups in total. The van der Waals surface area contributed by atoms with Crippen LogP contribution in [0.25, 0.3) is 10.2 Å². The number of benzene rings is 1. The molecular weight excluding hydrogens is 366 g/mol. The molecule has 0 amide bonds. The number of anilines is 2. The molecular formula is C19H21N3O4S. The molecule has 0 saturated heterocycles. The number of carbonyl (C=O) groups is 1. The molecule has 0 atom stereocenters. The number of methoxy groups -OCH3 is 2. The number of thiophene rings is 1. The quantitative estimate of drug-likeness (QED) is 0.566. The summed E-state index contributed by atoms with van der Waals surface area (Å²) < 4.78 is 15.9. The van der Waals surface area contributed by atoms with Gasteiger partial charge in [0.2, 0.25) is 0 Å². The average molecular weight is 387 g/mol. The van der Waals surface area contributed by atoms with Crippen LogP contribution in [0.15, 0.2) is 30.6 Å². The molecule has 7 nitrogen and oxygen atoms in total. The topological polar surface area (TPSA) is 73.8 Å². The summed E-state index contributed by atoms with van der Waals surface area (Å²) in [6, 6.07) is 7.71. The number of hydrogen-bond acceptors (Lipinski definition) is 8. The second kappa shape index (κ2) is 8.22. The van der Waals surface area contributed by atoms with E-state index in [1.807, 2.05) is 36.1 Å². The molecule has 142 valence electrons. The summed E-state index contributed by atoms with van der Waals surface area (Å²) in [6.45, 7) is 4.77. The Balaban J connectivity index is 2.15. The zero-order valence-corrected chi connectivity index (χ0v) is 16.5. The Morgan fingerprint density at radius 3 is 2.44 bits per heavy atom. The minimum Gasteiger partial charge on any atom is -0.497 e. The number of carbonyl (C=O) groups excluding carboxylic acids is 1. The van der Waals surface area contributed by atoms with E-state index in [9.17, 15) is 4.79 Å². The van der Waals surface area contributed by atoms with Gasteiger partial charge in [0.25, 0.3) is 0 Å². The first kappa shape index (κ1) is 18.9. The number of fused-ring (bicyclic) bond motifs is 1. The third-order valence-corrected chi connectivity index (χ3v) is 5.10. The van der Waals surface area contributed by atoms with Gasteiger partial charge in [0, 0.05) is 12.2 Å². The maximum Gasteiger partial charge on any atom is 0.352 e. The van der Waals surface area contributed by atoms with Crippen LogP contribution in [0.1, 0.15) is 23.5 Å². The standard InChI is InChI=1S/C19H21N3O4S/c1-5-22(12-7-9-13(24-3)10-8-12)17-14-15(25-4)16(19(23)26-6-2)27-18(14)21-11-20-17/h7-11H,5-6H2,1-4H3. The van der Waals surface area contributed by atoms with Gasteiger partial charge in [-0.3, -0.25) is 0 Å². The maximum atomic E-state index is 12.3. The number of nitrogens with zero attached hydrogens (tertiary/aromatic N) is 3. The van der Waals surface area contributed by atoms with Crippen molar-refractivity contribution < 1.29 is 19.0 Å². The van der Waals surface area contributed by atoms with E-state index in [1.54, 1.807) is 14.0 Å². The highest BCUT2D eigenvalue weighted by Crippen LogP contribution is 2.43. The third kappa shape index (κ3) is 3.52. The first-order chi connectivity index (χ1) is 13.1. The highest BCUT2D eigenvalue weighted by atomic mass is 32.1. The van der Waals surface area contributed by atoms with E-state index in [1.165, 1.54) is 24.8 Å². The van der Waals surface area contributed by atoms with Gasteiger partial charge in [-0.05, 0) is 38.1 Å². The van der Waals surface area contributed by atoms with Gasteiger partial charge in [-0.2, -0.15) is 0 Å². The van der Waals surface area contributed by atoms with Gasteiger partial charge in [0.05, 0.1) is 26.2 Å². The molecule has 0 aliphatic rings. The average Bonchev–Trinajstić information content (AvgIpc) is 3.09. The minimum absolute atomic E-state index is 0.293. The van der Waals surface area contributed by atoms with E-state index in [2.05, 4.69) is 9.97 Å². The minimum atomic E-state index is -0.421. The summed E-state index contributed by atoms with van der Waals surface area (Å²) in [5.41, 5.74) is 0.948. The lowest BCUT2D eigenvalue weighted by molar-refractivity contribution is 0.0529. The van der Waals surface area contributed by atoms with E-state index in [4.69, 9.17) is 14.2 Å². The second-order valence-corrected chi connectivity index (χ2v) is 6.50. The maximum absolute atomic E-state index is 12.3. The van der Waals surface area contributed by atoms with Crippen molar-refractivity contribution in [1.82, 2.24) is 9.97 Å². The molecule has 0 radical (unpaired) electrons. The van der Waals surface area contributed by atoms with Crippen molar-refractivity contribution in [1.29, 1.82) is 0 Å². The van der Waals surface area contributed by atoms with Crippen molar-refractivity contribution >= 4 is 39.0 Å². The van der Waals surface area contributed by atoms with Gasteiger partial charge in [0.15, 0.2) is 10.6 Å². The number of ether oxygens (including phenoxy) is 3. The predicted octanol–water partition coefficient (Wildman–Crippen LogP) is 4.04. The van der Waals surface area contributed by atoms with Gasteiger partial charge in [0.1, 0.15) is 22.7 Å². The van der Waals surface area contributed by atoms with Gasteiger partial charge in [-0.1, -0.05) is 0 Å². The summed E-state index contributed by atoms with van der Waals surface area (Å²) in [4.78, 5) is 24.2. The van der Waals surface area contributed by atoms with Crippen LogP contribution in [-0.2, 0) is 4.74 Å². The van der Waals surface area contributed by atoms with E-state index in [0.29, 0.717) is 39.8 Å². The molecule has 2 aromatic heterocycles. The number of aromatic nitrogens is 2. The smallest absolute Gasteiger partial charge is 0.352 e. The van der Waals surface area contributed by atoms with Crippen molar-refractivity contribution in [3.8, 4) is 11.5 Å². The van der Waals surface area contributed by atoms with Gasteiger partial charge < -0.3 is 19.1 Å². The molecule has 0 unspecified atom stereocenters. The number of rotatable bonds is 7. The van der Waals surface area contributed by atoms with Crippen LogP contribution in [-0.4, -0.2) is 43.3 Å². The van der Waals surface area contributed by atoms with Gasteiger partial charge >= 0.3 is 5.97 Å². The molecule has 0 spiro atoms.